The molecule has 0 bridgehead atoms. The summed E-state index contributed by atoms with van der Waals surface area (Å²) >= 11 is 0. The molecule has 0 aromatic heterocycles. The molecule has 6 heteroatoms. The molecule has 1 saturated heterocycles. The van der Waals surface area contributed by atoms with Crippen molar-refractivity contribution >= 4 is 35.6 Å². The molecular weight excluding hydrogens is 458 g/mol. The van der Waals surface area contributed by atoms with Gasteiger partial charge in [-0.1, -0.05) is 54.6 Å². The first-order valence-electron chi connectivity index (χ1n) is 12.2. The van der Waals surface area contributed by atoms with E-state index < -0.39 is 0 Å². The zero-order valence-electron chi connectivity index (χ0n) is 19.9. The van der Waals surface area contributed by atoms with Gasteiger partial charge in [-0.25, -0.2) is 0 Å². The quantitative estimate of drug-likeness (QED) is 0.438. The molecule has 0 aliphatic carbocycles. The number of benzene rings is 3. The van der Waals surface area contributed by atoms with Gasteiger partial charge in [-0.05, 0) is 67.7 Å². The van der Waals surface area contributed by atoms with E-state index in [-0.39, 0.29) is 24.2 Å². The number of nitrogens with zero attached hydrogens (tertiary/aromatic N) is 3. The van der Waals surface area contributed by atoms with E-state index in [1.807, 2.05) is 88.7 Å². The van der Waals surface area contributed by atoms with Crippen LogP contribution in [0.4, 0.5) is 11.4 Å². The highest BCUT2D eigenvalue weighted by atomic mass is 35.5. The van der Waals surface area contributed by atoms with Gasteiger partial charge in [0, 0.05) is 43.0 Å². The summed E-state index contributed by atoms with van der Waals surface area (Å²) < 4.78 is 0. The summed E-state index contributed by atoms with van der Waals surface area (Å²) in [5.74, 6) is 0.806. The van der Waals surface area contributed by atoms with Gasteiger partial charge in [0.15, 0.2) is 0 Å². The van der Waals surface area contributed by atoms with Crippen LogP contribution >= 0.6 is 12.4 Å². The Morgan fingerprint density at radius 2 is 1.40 bits per heavy atom. The Kier molecular flexibility index (Phi) is 8.21. The van der Waals surface area contributed by atoms with Crippen LogP contribution in [0.2, 0.25) is 0 Å². The number of piperidine rings is 1. The van der Waals surface area contributed by atoms with Crippen LogP contribution in [0.15, 0.2) is 84.9 Å². The molecule has 0 N–H and O–H groups in total. The number of likely N-dealkylation sites (tertiary alicyclic amines) is 1. The molecule has 182 valence electrons. The monoisotopic (exact) mass is 489 g/mol. The molecule has 3 aromatic rings. The largest absolute Gasteiger partial charge is 0.334 e. The van der Waals surface area contributed by atoms with Crippen LogP contribution in [0, 0.1) is 5.92 Å². The van der Waals surface area contributed by atoms with Crippen molar-refractivity contribution in [3.63, 3.8) is 0 Å². The number of anilines is 2. The van der Waals surface area contributed by atoms with Gasteiger partial charge in [0.1, 0.15) is 0 Å². The normalized spacial score (nSPS) is 16.0. The van der Waals surface area contributed by atoms with E-state index in [2.05, 4.69) is 11.0 Å². The van der Waals surface area contributed by atoms with Crippen molar-refractivity contribution in [2.75, 3.05) is 31.1 Å². The highest BCUT2D eigenvalue weighted by Crippen LogP contribution is 2.28. The standard InChI is InChI=1S/C29H31N3O2.ClH/c33-28(32(25-10-3-1-4-11-25)26-12-5-2-6-13-26)17-20-30-18-15-23(16-19-30)21-31-22-24-9-7-8-14-27(24)29(31)34;/h1-14,23H,15-22H2;1H. The summed E-state index contributed by atoms with van der Waals surface area (Å²) in [5, 5.41) is 0. The maximum absolute atomic E-state index is 13.3. The van der Waals surface area contributed by atoms with Crippen molar-refractivity contribution in [2.24, 2.45) is 5.92 Å². The first-order valence-corrected chi connectivity index (χ1v) is 12.2. The molecule has 35 heavy (non-hydrogen) atoms. The van der Waals surface area contributed by atoms with Crippen molar-refractivity contribution < 1.29 is 9.59 Å². The average molecular weight is 490 g/mol. The lowest BCUT2D eigenvalue weighted by Gasteiger charge is -2.34. The number of hydrogen-bond donors (Lipinski definition) is 0. The Bertz CT molecular complexity index is 1090. The number of fused-ring (bicyclic) bond motifs is 1. The first kappa shape index (κ1) is 25.0. The summed E-state index contributed by atoms with van der Waals surface area (Å²) in [6.07, 6.45) is 2.61. The van der Waals surface area contributed by atoms with Crippen LogP contribution in [-0.4, -0.2) is 47.8 Å². The third kappa shape index (κ3) is 5.75. The molecule has 1 fully saturated rings. The van der Waals surface area contributed by atoms with Crippen LogP contribution in [0.5, 0.6) is 0 Å². The van der Waals surface area contributed by atoms with Crippen molar-refractivity contribution in [1.29, 1.82) is 0 Å². The van der Waals surface area contributed by atoms with E-state index >= 15 is 0 Å². The lowest BCUT2D eigenvalue weighted by Crippen LogP contribution is -2.40. The second kappa shape index (κ2) is 11.5. The van der Waals surface area contributed by atoms with Crippen molar-refractivity contribution in [1.82, 2.24) is 9.80 Å². The third-order valence-electron chi connectivity index (χ3n) is 7.00. The zero-order chi connectivity index (χ0) is 23.3. The summed E-state index contributed by atoms with van der Waals surface area (Å²) in [5.41, 5.74) is 3.80. The van der Waals surface area contributed by atoms with Crippen LogP contribution in [0.25, 0.3) is 0 Å². The fraction of sp³-hybridized carbons (Fsp3) is 0.310. The lowest BCUT2D eigenvalue weighted by molar-refractivity contribution is -0.118. The SMILES string of the molecule is Cl.O=C1c2ccccc2CN1CC1CCN(CCC(=O)N(c2ccccc2)c2ccccc2)CC1. The predicted molar refractivity (Wildman–Crippen MR) is 142 cm³/mol. The van der Waals surface area contributed by atoms with Gasteiger partial charge in [-0.2, -0.15) is 0 Å². The van der Waals surface area contributed by atoms with Crippen molar-refractivity contribution in [2.45, 2.75) is 25.8 Å². The summed E-state index contributed by atoms with van der Waals surface area (Å²) in [6, 6.07) is 27.7. The van der Waals surface area contributed by atoms with Gasteiger partial charge in [-0.15, -0.1) is 12.4 Å². The van der Waals surface area contributed by atoms with Gasteiger partial charge in [-0.3, -0.25) is 14.5 Å². The summed E-state index contributed by atoms with van der Waals surface area (Å²) in [6.45, 7) is 4.28. The second-order valence-electron chi connectivity index (χ2n) is 9.28. The molecule has 0 radical (unpaired) electrons. The van der Waals surface area contributed by atoms with Gasteiger partial charge in [0.25, 0.3) is 5.91 Å². The second-order valence-corrected chi connectivity index (χ2v) is 9.28. The Hall–Kier alpha value is -3.15. The van der Waals surface area contributed by atoms with E-state index in [9.17, 15) is 9.59 Å². The molecule has 2 aliphatic rings. The molecule has 5 rings (SSSR count). The maximum atomic E-state index is 13.3. The van der Waals surface area contributed by atoms with E-state index in [0.717, 1.165) is 68.1 Å². The first-order chi connectivity index (χ1) is 16.7. The van der Waals surface area contributed by atoms with E-state index in [0.29, 0.717) is 12.3 Å². The molecular formula is C29H32ClN3O2. The number of para-hydroxylation sites is 2. The Labute approximate surface area is 213 Å². The molecule has 2 aliphatic heterocycles. The molecule has 5 nitrogen and oxygen atoms in total. The van der Waals surface area contributed by atoms with Gasteiger partial charge >= 0.3 is 0 Å². The molecule has 3 aromatic carbocycles. The highest BCUT2D eigenvalue weighted by molar-refractivity contribution is 6.00. The maximum Gasteiger partial charge on any atom is 0.254 e. The number of hydrogen-bond acceptors (Lipinski definition) is 3. The molecule has 2 amide bonds. The average Bonchev–Trinajstić information content (AvgIpc) is 3.20. The number of halogens is 1. The number of carbonyl (C=O) groups excluding carboxylic acids is 2. The van der Waals surface area contributed by atoms with Crippen molar-refractivity contribution in [3.05, 3.63) is 96.1 Å². The molecule has 2 heterocycles. The van der Waals surface area contributed by atoms with E-state index in [1.54, 1.807) is 0 Å². The minimum atomic E-state index is 0. The zero-order valence-corrected chi connectivity index (χ0v) is 20.7. The van der Waals surface area contributed by atoms with Crippen LogP contribution in [0.3, 0.4) is 0 Å². The highest BCUT2D eigenvalue weighted by Gasteiger charge is 2.30. The Morgan fingerprint density at radius 3 is 2.00 bits per heavy atom. The Balaban J connectivity index is 0.00000289. The van der Waals surface area contributed by atoms with Gasteiger partial charge in [0.05, 0.1) is 0 Å². The van der Waals surface area contributed by atoms with Crippen LogP contribution < -0.4 is 4.90 Å². The summed E-state index contributed by atoms with van der Waals surface area (Å²) in [7, 11) is 0. The number of carbonyl (C=O) groups is 2. The fourth-order valence-corrected chi connectivity index (χ4v) is 5.12. The molecule has 0 atom stereocenters. The van der Waals surface area contributed by atoms with Crippen molar-refractivity contribution in [3.8, 4) is 0 Å². The lowest BCUT2D eigenvalue weighted by atomic mass is 9.96. The van der Waals surface area contributed by atoms with Gasteiger partial charge < -0.3 is 9.80 Å². The topological polar surface area (TPSA) is 43.9 Å². The number of rotatable bonds is 7. The minimum absolute atomic E-state index is 0. The van der Waals surface area contributed by atoms with Crippen LogP contribution in [-0.2, 0) is 11.3 Å². The Morgan fingerprint density at radius 1 is 0.829 bits per heavy atom. The fourth-order valence-electron chi connectivity index (χ4n) is 5.12. The van der Waals surface area contributed by atoms with E-state index in [1.165, 1.54) is 0 Å². The summed E-state index contributed by atoms with van der Waals surface area (Å²) in [4.78, 5) is 32.2. The minimum Gasteiger partial charge on any atom is -0.334 e. The van der Waals surface area contributed by atoms with Gasteiger partial charge in [0.2, 0.25) is 5.91 Å². The molecule has 0 unspecified atom stereocenters. The smallest absolute Gasteiger partial charge is 0.254 e. The molecule has 0 saturated carbocycles. The molecule has 0 spiro atoms. The third-order valence-corrected chi connectivity index (χ3v) is 7.00. The number of amides is 2. The predicted octanol–water partition coefficient (Wildman–Crippen LogP) is 5.53. The van der Waals surface area contributed by atoms with E-state index in [4.69, 9.17) is 0 Å². The van der Waals surface area contributed by atoms with Crippen LogP contribution in [0.1, 0.15) is 35.2 Å².